The fraction of sp³-hybridized carbons (Fsp3) is 0.571. The Morgan fingerprint density at radius 3 is 3.00 bits per heavy atom. The van der Waals surface area contributed by atoms with E-state index in [9.17, 15) is 0 Å². The highest BCUT2D eigenvalue weighted by Gasteiger charge is 2.22. The zero-order valence-electron chi connectivity index (χ0n) is 11.6. The summed E-state index contributed by atoms with van der Waals surface area (Å²) in [7, 11) is 1.95. The molecule has 19 heavy (non-hydrogen) atoms. The number of nitrogens with one attached hydrogen (secondary N) is 1. The van der Waals surface area contributed by atoms with E-state index in [0.29, 0.717) is 12.1 Å². The number of hydrogen-bond acceptors (Lipinski definition) is 3. The van der Waals surface area contributed by atoms with Gasteiger partial charge in [0, 0.05) is 37.1 Å². The molecule has 0 bridgehead atoms. The van der Waals surface area contributed by atoms with Crippen LogP contribution < -0.4 is 5.32 Å². The standard InChI is InChI=1S/C14H21N5/c1-11-4-3-5-13(17-11)14-7-15-10-19(14)9-12-6-16-18(2)8-12/h6-8,10-11,13,17H,3-5,9H2,1-2H3. The van der Waals surface area contributed by atoms with Crippen molar-refractivity contribution in [1.29, 1.82) is 0 Å². The SMILES string of the molecule is CC1CCCC(c2cncn2Cc2cnn(C)c2)N1. The Hall–Kier alpha value is -1.62. The third-order valence-electron chi connectivity index (χ3n) is 3.83. The fourth-order valence-corrected chi connectivity index (χ4v) is 2.88. The Morgan fingerprint density at radius 1 is 1.37 bits per heavy atom. The van der Waals surface area contributed by atoms with Crippen LogP contribution >= 0.6 is 0 Å². The monoisotopic (exact) mass is 259 g/mol. The minimum absolute atomic E-state index is 0.433. The molecular weight excluding hydrogens is 238 g/mol. The zero-order valence-corrected chi connectivity index (χ0v) is 11.6. The van der Waals surface area contributed by atoms with Crippen molar-refractivity contribution in [3.05, 3.63) is 36.2 Å². The van der Waals surface area contributed by atoms with Crippen molar-refractivity contribution >= 4 is 0 Å². The molecule has 0 amide bonds. The van der Waals surface area contributed by atoms with Crippen LogP contribution in [0.5, 0.6) is 0 Å². The van der Waals surface area contributed by atoms with Crippen LogP contribution in [0.25, 0.3) is 0 Å². The molecule has 3 heterocycles. The zero-order chi connectivity index (χ0) is 13.2. The quantitative estimate of drug-likeness (QED) is 0.915. The van der Waals surface area contributed by atoms with E-state index in [1.807, 2.05) is 30.5 Å². The number of nitrogens with zero attached hydrogens (tertiary/aromatic N) is 4. The maximum Gasteiger partial charge on any atom is 0.0951 e. The van der Waals surface area contributed by atoms with Crippen molar-refractivity contribution < 1.29 is 0 Å². The molecule has 1 aliphatic rings. The van der Waals surface area contributed by atoms with Gasteiger partial charge >= 0.3 is 0 Å². The van der Waals surface area contributed by atoms with Crippen LogP contribution in [0.2, 0.25) is 0 Å². The first-order valence-corrected chi connectivity index (χ1v) is 6.96. The van der Waals surface area contributed by atoms with E-state index in [1.54, 1.807) is 0 Å². The highest BCUT2D eigenvalue weighted by molar-refractivity contribution is 5.12. The third kappa shape index (κ3) is 2.71. The van der Waals surface area contributed by atoms with E-state index >= 15 is 0 Å². The molecule has 1 N–H and O–H groups in total. The summed E-state index contributed by atoms with van der Waals surface area (Å²) >= 11 is 0. The van der Waals surface area contributed by atoms with Crippen molar-refractivity contribution in [3.8, 4) is 0 Å². The lowest BCUT2D eigenvalue weighted by atomic mass is 9.97. The summed E-state index contributed by atoms with van der Waals surface area (Å²) in [6, 6.07) is 1.03. The maximum absolute atomic E-state index is 4.32. The van der Waals surface area contributed by atoms with Crippen molar-refractivity contribution in [1.82, 2.24) is 24.6 Å². The molecule has 2 aromatic heterocycles. The Kier molecular flexibility index (Phi) is 3.38. The van der Waals surface area contributed by atoms with Crippen molar-refractivity contribution in [2.45, 2.75) is 44.8 Å². The molecule has 1 fully saturated rings. The second-order valence-electron chi connectivity index (χ2n) is 5.52. The normalized spacial score (nSPS) is 23.7. The van der Waals surface area contributed by atoms with Crippen LogP contribution in [0.1, 0.15) is 43.5 Å². The fourth-order valence-electron chi connectivity index (χ4n) is 2.88. The average Bonchev–Trinajstić information content (AvgIpc) is 2.99. The average molecular weight is 259 g/mol. The number of imidazole rings is 1. The lowest BCUT2D eigenvalue weighted by molar-refractivity contribution is 0.330. The van der Waals surface area contributed by atoms with Crippen LogP contribution in [-0.2, 0) is 13.6 Å². The first-order valence-electron chi connectivity index (χ1n) is 6.96. The number of aromatic nitrogens is 4. The molecule has 0 aromatic carbocycles. The lowest BCUT2D eigenvalue weighted by Crippen LogP contribution is -2.35. The molecule has 3 rings (SSSR count). The van der Waals surface area contributed by atoms with E-state index in [1.165, 1.54) is 30.5 Å². The Bertz CT molecular complexity index is 542. The highest BCUT2D eigenvalue weighted by atomic mass is 15.2. The Balaban J connectivity index is 1.78. The first-order chi connectivity index (χ1) is 9.22. The molecule has 1 saturated heterocycles. The van der Waals surface area contributed by atoms with E-state index in [4.69, 9.17) is 0 Å². The van der Waals surface area contributed by atoms with Crippen LogP contribution in [0, 0.1) is 0 Å². The van der Waals surface area contributed by atoms with Gasteiger partial charge in [0.15, 0.2) is 0 Å². The maximum atomic E-state index is 4.32. The van der Waals surface area contributed by atoms with E-state index in [0.717, 1.165) is 6.54 Å². The minimum atomic E-state index is 0.433. The topological polar surface area (TPSA) is 47.7 Å². The van der Waals surface area contributed by atoms with Crippen LogP contribution in [0.15, 0.2) is 24.9 Å². The Labute approximate surface area is 113 Å². The van der Waals surface area contributed by atoms with Gasteiger partial charge in [-0.05, 0) is 26.2 Å². The summed E-state index contributed by atoms with van der Waals surface area (Å²) in [6.07, 6.45) is 11.6. The van der Waals surface area contributed by atoms with E-state index < -0.39 is 0 Å². The molecule has 5 heteroatoms. The van der Waals surface area contributed by atoms with Gasteiger partial charge < -0.3 is 9.88 Å². The molecule has 0 spiro atoms. The molecule has 2 unspecified atom stereocenters. The molecule has 2 atom stereocenters. The second-order valence-corrected chi connectivity index (χ2v) is 5.52. The molecule has 5 nitrogen and oxygen atoms in total. The molecule has 0 aliphatic carbocycles. The van der Waals surface area contributed by atoms with Gasteiger partial charge in [0.05, 0.1) is 24.8 Å². The van der Waals surface area contributed by atoms with Crippen LogP contribution in [0.3, 0.4) is 0 Å². The minimum Gasteiger partial charge on any atom is -0.329 e. The summed E-state index contributed by atoms with van der Waals surface area (Å²) in [6.45, 7) is 3.10. The van der Waals surface area contributed by atoms with Gasteiger partial charge in [-0.25, -0.2) is 4.98 Å². The van der Waals surface area contributed by atoms with Crippen molar-refractivity contribution in [3.63, 3.8) is 0 Å². The van der Waals surface area contributed by atoms with Crippen molar-refractivity contribution in [2.75, 3.05) is 0 Å². The summed E-state index contributed by atoms with van der Waals surface area (Å²) in [5, 5.41) is 7.89. The molecule has 0 saturated carbocycles. The highest BCUT2D eigenvalue weighted by Crippen LogP contribution is 2.25. The van der Waals surface area contributed by atoms with Gasteiger partial charge in [-0.3, -0.25) is 4.68 Å². The van der Waals surface area contributed by atoms with Gasteiger partial charge in [-0.15, -0.1) is 0 Å². The largest absolute Gasteiger partial charge is 0.329 e. The summed E-state index contributed by atoms with van der Waals surface area (Å²) in [5.74, 6) is 0. The van der Waals surface area contributed by atoms with Crippen LogP contribution in [-0.4, -0.2) is 25.4 Å². The molecule has 102 valence electrons. The first kappa shape index (κ1) is 12.4. The predicted molar refractivity (Wildman–Crippen MR) is 73.7 cm³/mol. The summed E-state index contributed by atoms with van der Waals surface area (Å²) < 4.78 is 4.07. The molecule has 2 aromatic rings. The number of rotatable bonds is 3. The number of piperidine rings is 1. The summed E-state index contributed by atoms with van der Waals surface area (Å²) in [4.78, 5) is 4.32. The smallest absolute Gasteiger partial charge is 0.0951 e. The third-order valence-corrected chi connectivity index (χ3v) is 3.83. The van der Waals surface area contributed by atoms with E-state index in [2.05, 4.69) is 33.1 Å². The molecule has 0 radical (unpaired) electrons. The Morgan fingerprint density at radius 2 is 2.26 bits per heavy atom. The number of hydrogen-bond donors (Lipinski definition) is 1. The van der Waals surface area contributed by atoms with Gasteiger partial charge in [0.2, 0.25) is 0 Å². The van der Waals surface area contributed by atoms with E-state index in [-0.39, 0.29) is 0 Å². The lowest BCUT2D eigenvalue weighted by Gasteiger charge is -2.29. The number of aryl methyl sites for hydroxylation is 1. The van der Waals surface area contributed by atoms with Gasteiger partial charge in [-0.1, -0.05) is 0 Å². The predicted octanol–water partition coefficient (Wildman–Crippen LogP) is 1.87. The van der Waals surface area contributed by atoms with Gasteiger partial charge in [-0.2, -0.15) is 5.10 Å². The van der Waals surface area contributed by atoms with Gasteiger partial charge in [0.1, 0.15) is 0 Å². The van der Waals surface area contributed by atoms with Crippen LogP contribution in [0.4, 0.5) is 0 Å². The second kappa shape index (κ2) is 5.17. The summed E-state index contributed by atoms with van der Waals surface area (Å²) in [5.41, 5.74) is 2.50. The van der Waals surface area contributed by atoms with Gasteiger partial charge in [0.25, 0.3) is 0 Å². The molecule has 1 aliphatic heterocycles. The van der Waals surface area contributed by atoms with Crippen molar-refractivity contribution in [2.24, 2.45) is 7.05 Å². The molecular formula is C14H21N5.